The lowest BCUT2D eigenvalue weighted by Crippen LogP contribution is -2.18. The van der Waals surface area contributed by atoms with E-state index in [0.29, 0.717) is 13.2 Å². The Kier molecular flexibility index (Phi) is 14.0. The van der Waals surface area contributed by atoms with E-state index in [4.69, 9.17) is 14.2 Å². The summed E-state index contributed by atoms with van der Waals surface area (Å²) in [5, 5.41) is 0. The number of carbonyl (C=O) groups excluding carboxylic acids is 1. The molecule has 0 aromatic rings. The lowest BCUT2D eigenvalue weighted by atomic mass is 10.0. The van der Waals surface area contributed by atoms with E-state index in [2.05, 4.69) is 6.92 Å². The number of cyclic esters (lactones) is 2. The molecule has 0 aromatic heterocycles. The third-order valence-corrected chi connectivity index (χ3v) is 4.60. The summed E-state index contributed by atoms with van der Waals surface area (Å²) in [5.41, 5.74) is 0. The lowest BCUT2D eigenvalue weighted by Gasteiger charge is -2.07. The normalized spacial score (nSPS) is 17.0. The zero-order valence-electron chi connectivity index (χ0n) is 15.7. The zero-order chi connectivity index (χ0) is 17.3. The molecule has 0 bridgehead atoms. The van der Waals surface area contributed by atoms with E-state index < -0.39 is 6.16 Å². The van der Waals surface area contributed by atoms with Gasteiger partial charge in [-0.25, -0.2) is 4.79 Å². The van der Waals surface area contributed by atoms with Crippen LogP contribution in [-0.4, -0.2) is 32.1 Å². The van der Waals surface area contributed by atoms with Crippen molar-refractivity contribution < 1.29 is 19.0 Å². The fourth-order valence-corrected chi connectivity index (χ4v) is 3.06. The second kappa shape index (κ2) is 15.7. The van der Waals surface area contributed by atoms with Crippen LogP contribution in [0.2, 0.25) is 0 Å². The van der Waals surface area contributed by atoms with E-state index in [1.807, 2.05) is 0 Å². The van der Waals surface area contributed by atoms with Crippen LogP contribution in [0, 0.1) is 0 Å². The Morgan fingerprint density at radius 1 is 0.833 bits per heavy atom. The second-order valence-electron chi connectivity index (χ2n) is 6.97. The highest BCUT2D eigenvalue weighted by atomic mass is 16.8. The number of unbranched alkanes of at least 4 members (excludes halogenated alkanes) is 13. The Hall–Kier alpha value is -0.770. The number of carbonyl (C=O) groups is 1. The SMILES string of the molecule is CCCCCCCCCCCCCCCCOCC1COC(=O)O1. The molecule has 1 rings (SSSR count). The summed E-state index contributed by atoms with van der Waals surface area (Å²) in [6.45, 7) is 3.82. The minimum absolute atomic E-state index is 0.204. The summed E-state index contributed by atoms with van der Waals surface area (Å²) >= 11 is 0. The van der Waals surface area contributed by atoms with Gasteiger partial charge in [0.15, 0.2) is 6.10 Å². The Morgan fingerprint density at radius 3 is 1.79 bits per heavy atom. The third-order valence-electron chi connectivity index (χ3n) is 4.60. The summed E-state index contributed by atoms with van der Waals surface area (Å²) in [7, 11) is 0. The van der Waals surface area contributed by atoms with Gasteiger partial charge in [-0.3, -0.25) is 0 Å². The minimum Gasteiger partial charge on any atom is -0.430 e. The van der Waals surface area contributed by atoms with Crippen molar-refractivity contribution in [3.63, 3.8) is 0 Å². The van der Waals surface area contributed by atoms with E-state index in [1.54, 1.807) is 0 Å². The van der Waals surface area contributed by atoms with Crippen molar-refractivity contribution in [3.8, 4) is 0 Å². The molecule has 0 aliphatic carbocycles. The summed E-state index contributed by atoms with van der Waals surface area (Å²) in [6, 6.07) is 0. The maximum atomic E-state index is 10.7. The van der Waals surface area contributed by atoms with Crippen LogP contribution >= 0.6 is 0 Å². The van der Waals surface area contributed by atoms with Gasteiger partial charge in [-0.1, -0.05) is 90.4 Å². The van der Waals surface area contributed by atoms with Gasteiger partial charge in [-0.15, -0.1) is 0 Å². The average Bonchev–Trinajstić information content (AvgIpc) is 3.00. The number of ether oxygens (including phenoxy) is 3. The molecule has 1 aliphatic rings. The molecule has 1 heterocycles. The molecule has 0 N–H and O–H groups in total. The molecule has 1 unspecified atom stereocenters. The fraction of sp³-hybridized carbons (Fsp3) is 0.950. The molecule has 0 aromatic carbocycles. The lowest BCUT2D eigenvalue weighted by molar-refractivity contribution is 0.0443. The Labute approximate surface area is 148 Å². The summed E-state index contributed by atoms with van der Waals surface area (Å²) < 4.78 is 15.1. The van der Waals surface area contributed by atoms with Gasteiger partial charge in [-0.2, -0.15) is 0 Å². The van der Waals surface area contributed by atoms with Crippen molar-refractivity contribution >= 4 is 6.16 Å². The first-order valence-electron chi connectivity index (χ1n) is 10.2. The highest BCUT2D eigenvalue weighted by molar-refractivity contribution is 5.61. The molecule has 0 saturated carbocycles. The van der Waals surface area contributed by atoms with Gasteiger partial charge in [0.25, 0.3) is 0 Å². The Morgan fingerprint density at radius 2 is 1.33 bits per heavy atom. The first kappa shape index (κ1) is 21.3. The summed E-state index contributed by atoms with van der Waals surface area (Å²) in [6.07, 6.45) is 18.3. The molecule has 1 atom stereocenters. The predicted molar refractivity (Wildman–Crippen MR) is 97.4 cm³/mol. The highest BCUT2D eigenvalue weighted by Crippen LogP contribution is 2.13. The predicted octanol–water partition coefficient (Wildman–Crippen LogP) is 6.02. The van der Waals surface area contributed by atoms with Gasteiger partial charge in [0.05, 0.1) is 6.61 Å². The number of hydrogen-bond acceptors (Lipinski definition) is 4. The quantitative estimate of drug-likeness (QED) is 0.239. The van der Waals surface area contributed by atoms with Crippen molar-refractivity contribution in [1.82, 2.24) is 0 Å². The minimum atomic E-state index is -0.569. The van der Waals surface area contributed by atoms with Crippen molar-refractivity contribution in [2.75, 3.05) is 19.8 Å². The van der Waals surface area contributed by atoms with Crippen LogP contribution in [0.5, 0.6) is 0 Å². The van der Waals surface area contributed by atoms with Gasteiger partial charge in [0, 0.05) is 6.61 Å². The molecule has 24 heavy (non-hydrogen) atoms. The molecule has 4 heteroatoms. The van der Waals surface area contributed by atoms with Crippen LogP contribution in [0.4, 0.5) is 4.79 Å². The zero-order valence-corrected chi connectivity index (χ0v) is 15.7. The first-order chi connectivity index (χ1) is 11.8. The van der Waals surface area contributed by atoms with Crippen LogP contribution in [-0.2, 0) is 14.2 Å². The van der Waals surface area contributed by atoms with Gasteiger partial charge in [-0.05, 0) is 6.42 Å². The van der Waals surface area contributed by atoms with Gasteiger partial charge in [0.2, 0.25) is 0 Å². The molecule has 0 spiro atoms. The maximum absolute atomic E-state index is 10.7. The molecule has 0 amide bonds. The molecular formula is C20H38O4. The first-order valence-corrected chi connectivity index (χ1v) is 10.2. The fourth-order valence-electron chi connectivity index (χ4n) is 3.06. The van der Waals surface area contributed by atoms with Gasteiger partial charge < -0.3 is 14.2 Å². The van der Waals surface area contributed by atoms with Crippen molar-refractivity contribution in [2.24, 2.45) is 0 Å². The molecule has 1 saturated heterocycles. The van der Waals surface area contributed by atoms with E-state index in [9.17, 15) is 4.79 Å². The smallest absolute Gasteiger partial charge is 0.430 e. The molecule has 4 nitrogen and oxygen atoms in total. The van der Waals surface area contributed by atoms with Crippen LogP contribution in [0.1, 0.15) is 96.8 Å². The average molecular weight is 343 g/mol. The van der Waals surface area contributed by atoms with Gasteiger partial charge >= 0.3 is 6.16 Å². The maximum Gasteiger partial charge on any atom is 0.508 e. The number of hydrogen-bond donors (Lipinski definition) is 0. The van der Waals surface area contributed by atoms with E-state index in [0.717, 1.165) is 13.0 Å². The van der Waals surface area contributed by atoms with Crippen LogP contribution in [0.25, 0.3) is 0 Å². The molecule has 0 radical (unpaired) electrons. The number of rotatable bonds is 17. The van der Waals surface area contributed by atoms with Crippen molar-refractivity contribution in [1.29, 1.82) is 0 Å². The summed E-state index contributed by atoms with van der Waals surface area (Å²) in [4.78, 5) is 10.7. The molecule has 1 fully saturated rings. The molecular weight excluding hydrogens is 304 g/mol. The monoisotopic (exact) mass is 342 g/mol. The third kappa shape index (κ3) is 12.6. The van der Waals surface area contributed by atoms with E-state index in [1.165, 1.54) is 83.5 Å². The van der Waals surface area contributed by atoms with Crippen molar-refractivity contribution in [2.45, 2.75) is 103 Å². The standard InChI is InChI=1S/C20H38O4/c1-2-3-4-5-6-7-8-9-10-11-12-13-14-15-16-22-17-19-18-23-20(21)24-19/h19H,2-18H2,1H3. The van der Waals surface area contributed by atoms with Crippen LogP contribution in [0.15, 0.2) is 0 Å². The second-order valence-corrected chi connectivity index (χ2v) is 6.97. The Balaban J connectivity index is 1.67. The highest BCUT2D eigenvalue weighted by Gasteiger charge is 2.24. The van der Waals surface area contributed by atoms with E-state index in [-0.39, 0.29) is 6.10 Å². The molecule has 142 valence electrons. The van der Waals surface area contributed by atoms with Crippen LogP contribution in [0.3, 0.4) is 0 Å². The topological polar surface area (TPSA) is 44.8 Å². The van der Waals surface area contributed by atoms with Crippen molar-refractivity contribution in [3.05, 3.63) is 0 Å². The van der Waals surface area contributed by atoms with Crippen LogP contribution < -0.4 is 0 Å². The molecule has 1 aliphatic heterocycles. The summed E-state index contributed by atoms with van der Waals surface area (Å²) in [5.74, 6) is 0. The van der Waals surface area contributed by atoms with E-state index >= 15 is 0 Å². The van der Waals surface area contributed by atoms with Gasteiger partial charge in [0.1, 0.15) is 6.61 Å². The Bertz CT molecular complexity index is 293. The largest absolute Gasteiger partial charge is 0.508 e.